The second kappa shape index (κ2) is 7.69. The number of carbonyl (C=O) groups excluding carboxylic acids is 1. The smallest absolute Gasteiger partial charge is 0.277 e. The second-order valence-corrected chi connectivity index (χ2v) is 5.43. The van der Waals surface area contributed by atoms with Gasteiger partial charge in [0.2, 0.25) is 0 Å². The first-order valence-corrected chi connectivity index (χ1v) is 7.99. The van der Waals surface area contributed by atoms with E-state index in [4.69, 9.17) is 0 Å². The molecule has 26 heavy (non-hydrogen) atoms. The number of benzene rings is 2. The van der Waals surface area contributed by atoms with Crippen molar-refractivity contribution in [1.29, 1.82) is 0 Å². The van der Waals surface area contributed by atoms with Gasteiger partial charge in [0.05, 0.1) is 0 Å². The molecular weight excluding hydrogens is 338 g/mol. The Hall–Kier alpha value is -3.35. The normalized spacial score (nSPS) is 10.4. The number of hydrogen-bond donors (Lipinski definition) is 1. The molecule has 0 spiro atoms. The van der Waals surface area contributed by atoms with Crippen LogP contribution >= 0.6 is 0 Å². The molecule has 1 amide bonds. The van der Waals surface area contributed by atoms with Gasteiger partial charge in [-0.05, 0) is 31.2 Å². The quantitative estimate of drug-likeness (QED) is 0.747. The molecule has 2 aromatic carbocycles. The fourth-order valence-corrected chi connectivity index (χ4v) is 2.45. The van der Waals surface area contributed by atoms with Crippen LogP contribution in [-0.2, 0) is 0 Å². The van der Waals surface area contributed by atoms with Crippen molar-refractivity contribution in [1.82, 2.24) is 9.97 Å². The zero-order valence-electron chi connectivity index (χ0n) is 14.0. The van der Waals surface area contributed by atoms with Crippen LogP contribution in [0.3, 0.4) is 0 Å². The maximum atomic E-state index is 13.3. The van der Waals surface area contributed by atoms with Gasteiger partial charge in [0.1, 0.15) is 17.8 Å². The van der Waals surface area contributed by atoms with Crippen molar-refractivity contribution >= 4 is 23.1 Å². The molecule has 1 heterocycles. The van der Waals surface area contributed by atoms with E-state index in [9.17, 15) is 13.6 Å². The Morgan fingerprint density at radius 1 is 1.04 bits per heavy atom. The van der Waals surface area contributed by atoms with E-state index >= 15 is 0 Å². The average Bonchev–Trinajstić information content (AvgIpc) is 2.66. The predicted molar refractivity (Wildman–Crippen MR) is 95.5 cm³/mol. The molecule has 0 aliphatic carbocycles. The summed E-state index contributed by atoms with van der Waals surface area (Å²) < 4.78 is 26.3. The third-order valence-electron chi connectivity index (χ3n) is 3.71. The lowest BCUT2D eigenvalue weighted by Crippen LogP contribution is -2.31. The van der Waals surface area contributed by atoms with Gasteiger partial charge in [-0.1, -0.05) is 18.2 Å². The second-order valence-electron chi connectivity index (χ2n) is 5.43. The van der Waals surface area contributed by atoms with E-state index < -0.39 is 11.6 Å². The molecule has 0 fully saturated rings. The molecule has 0 radical (unpaired) electrons. The Balaban J connectivity index is 1.84. The molecular formula is C19H16F2N4O. The number of carbonyl (C=O) groups is 1. The highest BCUT2D eigenvalue weighted by Crippen LogP contribution is 2.20. The third-order valence-corrected chi connectivity index (χ3v) is 3.71. The van der Waals surface area contributed by atoms with Crippen LogP contribution in [0.2, 0.25) is 0 Å². The lowest BCUT2D eigenvalue weighted by Gasteiger charge is -2.20. The third kappa shape index (κ3) is 3.83. The predicted octanol–water partition coefficient (Wildman–Crippen LogP) is 4.17. The monoisotopic (exact) mass is 354 g/mol. The van der Waals surface area contributed by atoms with Gasteiger partial charge in [0, 0.05) is 30.1 Å². The summed E-state index contributed by atoms with van der Waals surface area (Å²) in [5.74, 6) is -1.88. The van der Waals surface area contributed by atoms with Crippen LogP contribution in [-0.4, -0.2) is 22.4 Å². The zero-order valence-corrected chi connectivity index (χ0v) is 14.0. The van der Waals surface area contributed by atoms with Gasteiger partial charge in [-0.2, -0.15) is 0 Å². The lowest BCUT2D eigenvalue weighted by atomic mass is 10.2. The van der Waals surface area contributed by atoms with E-state index in [1.165, 1.54) is 18.5 Å². The summed E-state index contributed by atoms with van der Waals surface area (Å²) in [5, 5.41) is 2.84. The minimum Gasteiger partial charge on any atom is -0.340 e. The number of para-hydroxylation sites is 1. The highest BCUT2D eigenvalue weighted by molar-refractivity contribution is 6.05. The van der Waals surface area contributed by atoms with Crippen LogP contribution < -0.4 is 10.2 Å². The van der Waals surface area contributed by atoms with Crippen LogP contribution in [0.15, 0.2) is 60.9 Å². The molecule has 1 aromatic heterocycles. The standard InChI is InChI=1S/C19H16F2N4O/c1-2-25(14-6-4-3-5-7-14)19(26)17-11-18(23-12-22-17)24-13-8-9-15(20)16(21)10-13/h3-12H,2H2,1H3,(H,22,23,24). The molecule has 3 aromatic rings. The van der Waals surface area contributed by atoms with Crippen molar-refractivity contribution in [3.63, 3.8) is 0 Å². The Morgan fingerprint density at radius 2 is 1.81 bits per heavy atom. The van der Waals surface area contributed by atoms with Gasteiger partial charge in [0.25, 0.3) is 5.91 Å². The van der Waals surface area contributed by atoms with Crippen molar-refractivity contribution in [3.05, 3.63) is 78.3 Å². The number of hydrogen-bond acceptors (Lipinski definition) is 4. The number of anilines is 3. The van der Waals surface area contributed by atoms with E-state index in [1.807, 2.05) is 37.3 Å². The fourth-order valence-electron chi connectivity index (χ4n) is 2.45. The maximum absolute atomic E-state index is 13.3. The Labute approximate surface area is 149 Å². The number of amides is 1. The summed E-state index contributed by atoms with van der Waals surface area (Å²) in [4.78, 5) is 22.4. The average molecular weight is 354 g/mol. The molecule has 132 valence electrons. The molecule has 5 nitrogen and oxygen atoms in total. The SMILES string of the molecule is CCN(C(=O)c1cc(Nc2ccc(F)c(F)c2)ncn1)c1ccccc1. The fraction of sp³-hybridized carbons (Fsp3) is 0.105. The van der Waals surface area contributed by atoms with Gasteiger partial charge >= 0.3 is 0 Å². The highest BCUT2D eigenvalue weighted by Gasteiger charge is 2.18. The lowest BCUT2D eigenvalue weighted by molar-refractivity contribution is 0.0983. The van der Waals surface area contributed by atoms with Crippen molar-refractivity contribution in [2.75, 3.05) is 16.8 Å². The number of nitrogens with one attached hydrogen (secondary N) is 1. The first-order chi connectivity index (χ1) is 12.6. The number of aromatic nitrogens is 2. The van der Waals surface area contributed by atoms with Crippen LogP contribution in [0.25, 0.3) is 0 Å². The van der Waals surface area contributed by atoms with Crippen LogP contribution in [0.1, 0.15) is 17.4 Å². The van der Waals surface area contributed by atoms with Crippen LogP contribution in [0.4, 0.5) is 26.0 Å². The first-order valence-electron chi connectivity index (χ1n) is 7.99. The molecule has 0 atom stereocenters. The van der Waals surface area contributed by atoms with Crippen LogP contribution in [0, 0.1) is 11.6 Å². The van der Waals surface area contributed by atoms with Gasteiger partial charge in [-0.15, -0.1) is 0 Å². The number of halogens is 2. The molecule has 0 aliphatic rings. The minimum absolute atomic E-state index is 0.191. The Bertz CT molecular complexity index is 918. The topological polar surface area (TPSA) is 58.1 Å². The molecule has 0 aliphatic heterocycles. The van der Waals surface area contributed by atoms with Crippen molar-refractivity contribution in [2.24, 2.45) is 0 Å². The minimum atomic E-state index is -0.971. The van der Waals surface area contributed by atoms with E-state index in [1.54, 1.807) is 4.90 Å². The van der Waals surface area contributed by atoms with E-state index in [2.05, 4.69) is 15.3 Å². The first kappa shape index (κ1) is 17.5. The van der Waals surface area contributed by atoms with Gasteiger partial charge in [0.15, 0.2) is 11.6 Å². The number of nitrogens with zero attached hydrogens (tertiary/aromatic N) is 3. The summed E-state index contributed by atoms with van der Waals surface area (Å²) in [7, 11) is 0. The summed E-state index contributed by atoms with van der Waals surface area (Å²) in [5.41, 5.74) is 1.26. The van der Waals surface area contributed by atoms with Crippen molar-refractivity contribution in [2.45, 2.75) is 6.92 Å². The van der Waals surface area contributed by atoms with E-state index in [0.717, 1.165) is 17.8 Å². The van der Waals surface area contributed by atoms with Gasteiger partial charge in [-0.25, -0.2) is 18.7 Å². The molecule has 7 heteroatoms. The molecule has 0 unspecified atom stereocenters. The molecule has 3 rings (SSSR count). The van der Waals surface area contributed by atoms with Crippen LogP contribution in [0.5, 0.6) is 0 Å². The van der Waals surface area contributed by atoms with Crippen molar-refractivity contribution in [3.8, 4) is 0 Å². The largest absolute Gasteiger partial charge is 0.340 e. The molecule has 0 saturated heterocycles. The molecule has 0 bridgehead atoms. The molecule has 1 N–H and O–H groups in total. The van der Waals surface area contributed by atoms with Crippen molar-refractivity contribution < 1.29 is 13.6 Å². The summed E-state index contributed by atoms with van der Waals surface area (Å²) in [6, 6.07) is 14.1. The Kier molecular flexibility index (Phi) is 5.17. The van der Waals surface area contributed by atoms with E-state index in [-0.39, 0.29) is 11.6 Å². The highest BCUT2D eigenvalue weighted by atomic mass is 19.2. The summed E-state index contributed by atoms with van der Waals surface area (Å²) in [6.45, 7) is 2.34. The van der Waals surface area contributed by atoms with E-state index in [0.29, 0.717) is 18.1 Å². The molecule has 0 saturated carbocycles. The maximum Gasteiger partial charge on any atom is 0.277 e. The number of rotatable bonds is 5. The van der Waals surface area contributed by atoms with Gasteiger partial charge < -0.3 is 10.2 Å². The summed E-state index contributed by atoms with van der Waals surface area (Å²) >= 11 is 0. The van der Waals surface area contributed by atoms with Gasteiger partial charge in [-0.3, -0.25) is 4.79 Å². The zero-order chi connectivity index (χ0) is 18.5. The summed E-state index contributed by atoms with van der Waals surface area (Å²) in [6.07, 6.45) is 1.24. The Morgan fingerprint density at radius 3 is 2.50 bits per heavy atom.